The number of thiol groups is 1. The first-order chi connectivity index (χ1) is 14.1. The van der Waals surface area contributed by atoms with Gasteiger partial charge in [-0.15, -0.1) is 0 Å². The second kappa shape index (κ2) is 12.9. The molecule has 0 saturated heterocycles. The lowest BCUT2D eigenvalue weighted by molar-refractivity contribution is -0.142. The fourth-order valence-electron chi connectivity index (χ4n) is 2.65. The third-order valence-electron chi connectivity index (χ3n) is 4.21. The van der Waals surface area contributed by atoms with Crippen molar-refractivity contribution in [2.75, 3.05) is 12.3 Å². The number of carbonyl (C=O) groups is 4. The van der Waals surface area contributed by atoms with Crippen LogP contribution < -0.4 is 21.7 Å². The number of nitrogens with one attached hydrogen (secondary N) is 3. The zero-order valence-electron chi connectivity index (χ0n) is 17.1. The predicted octanol–water partition coefficient (Wildman–Crippen LogP) is -0.297. The number of aliphatic carboxylic acids is 1. The summed E-state index contributed by atoms with van der Waals surface area (Å²) >= 11 is 3.98. The molecule has 0 aliphatic rings. The van der Waals surface area contributed by atoms with Crippen LogP contribution in [0, 0.1) is 5.92 Å². The largest absolute Gasteiger partial charge is 0.480 e. The molecular formula is C20H30N4O5S. The van der Waals surface area contributed by atoms with Gasteiger partial charge >= 0.3 is 5.97 Å². The maximum absolute atomic E-state index is 12.6. The van der Waals surface area contributed by atoms with Crippen LogP contribution in [0.25, 0.3) is 0 Å². The van der Waals surface area contributed by atoms with E-state index in [1.54, 1.807) is 24.3 Å². The molecule has 0 fully saturated rings. The molecule has 1 aromatic carbocycles. The summed E-state index contributed by atoms with van der Waals surface area (Å²) in [7, 11) is 0. The zero-order valence-corrected chi connectivity index (χ0v) is 18.0. The Labute approximate surface area is 181 Å². The highest BCUT2D eigenvalue weighted by atomic mass is 32.1. The third-order valence-corrected chi connectivity index (χ3v) is 4.61. The second-order valence-corrected chi connectivity index (χ2v) is 7.71. The minimum absolute atomic E-state index is 0.0718. The summed E-state index contributed by atoms with van der Waals surface area (Å²) in [6.45, 7) is 3.27. The molecule has 9 nitrogen and oxygen atoms in total. The van der Waals surface area contributed by atoms with Gasteiger partial charge in [-0.1, -0.05) is 44.2 Å². The summed E-state index contributed by atoms with van der Waals surface area (Å²) in [5, 5.41) is 16.6. The van der Waals surface area contributed by atoms with E-state index < -0.39 is 48.4 Å². The Morgan fingerprint density at radius 3 is 2.20 bits per heavy atom. The quantitative estimate of drug-likeness (QED) is 0.247. The first kappa shape index (κ1) is 25.4. The van der Waals surface area contributed by atoms with E-state index in [4.69, 9.17) is 5.73 Å². The molecule has 0 aliphatic carbocycles. The van der Waals surface area contributed by atoms with Crippen molar-refractivity contribution in [2.24, 2.45) is 11.7 Å². The standard InChI is InChI=1S/C20H30N4O5S/c1-12(2)8-16(20(28)29)23-17(25)10-22-19(27)15(24-18(26)14(21)11-30)9-13-6-4-3-5-7-13/h3-7,12,14-16,30H,8-11,21H2,1-2H3,(H,22,27)(H,23,25)(H,24,26)(H,28,29). The minimum atomic E-state index is -1.14. The van der Waals surface area contributed by atoms with Crippen molar-refractivity contribution in [2.45, 2.75) is 44.8 Å². The molecule has 3 unspecified atom stereocenters. The molecule has 3 atom stereocenters. The third kappa shape index (κ3) is 9.27. The van der Waals surface area contributed by atoms with Crippen LogP contribution >= 0.6 is 12.6 Å². The van der Waals surface area contributed by atoms with Gasteiger partial charge < -0.3 is 26.8 Å². The minimum Gasteiger partial charge on any atom is -0.480 e. The number of carboxylic acid groups (broad SMARTS) is 1. The van der Waals surface area contributed by atoms with E-state index in [1.807, 2.05) is 19.9 Å². The molecule has 0 aliphatic heterocycles. The maximum atomic E-state index is 12.6. The lowest BCUT2D eigenvalue weighted by atomic mass is 10.0. The van der Waals surface area contributed by atoms with Crippen LogP contribution in [0.5, 0.6) is 0 Å². The van der Waals surface area contributed by atoms with Crippen molar-refractivity contribution in [3.05, 3.63) is 35.9 Å². The molecule has 0 spiro atoms. The van der Waals surface area contributed by atoms with Crippen LogP contribution in [0.15, 0.2) is 30.3 Å². The first-order valence-electron chi connectivity index (χ1n) is 9.64. The van der Waals surface area contributed by atoms with Gasteiger partial charge in [0, 0.05) is 12.2 Å². The summed E-state index contributed by atoms with van der Waals surface area (Å²) in [5.74, 6) is -2.70. The van der Waals surface area contributed by atoms with E-state index in [1.165, 1.54) is 0 Å². The van der Waals surface area contributed by atoms with Crippen molar-refractivity contribution in [1.29, 1.82) is 0 Å². The molecule has 0 radical (unpaired) electrons. The van der Waals surface area contributed by atoms with Gasteiger partial charge in [0.05, 0.1) is 12.6 Å². The fourth-order valence-corrected chi connectivity index (χ4v) is 2.82. The van der Waals surface area contributed by atoms with Crippen molar-refractivity contribution < 1.29 is 24.3 Å². The summed E-state index contributed by atoms with van der Waals surface area (Å²) in [5.41, 5.74) is 6.47. The van der Waals surface area contributed by atoms with Crippen LogP contribution in [0.1, 0.15) is 25.8 Å². The molecule has 0 bridgehead atoms. The highest BCUT2D eigenvalue weighted by Crippen LogP contribution is 2.06. The molecular weight excluding hydrogens is 408 g/mol. The maximum Gasteiger partial charge on any atom is 0.326 e. The van der Waals surface area contributed by atoms with E-state index in [0.717, 1.165) is 5.56 Å². The van der Waals surface area contributed by atoms with Crippen LogP contribution in [0.3, 0.4) is 0 Å². The Kier molecular flexibility index (Phi) is 10.9. The number of nitrogens with two attached hydrogens (primary N) is 1. The average Bonchev–Trinajstić information content (AvgIpc) is 2.70. The number of benzene rings is 1. The molecule has 1 rings (SSSR count). The van der Waals surface area contributed by atoms with E-state index in [0.29, 0.717) is 0 Å². The summed E-state index contributed by atoms with van der Waals surface area (Å²) in [6.07, 6.45) is 0.466. The van der Waals surface area contributed by atoms with E-state index in [2.05, 4.69) is 28.6 Å². The van der Waals surface area contributed by atoms with Crippen molar-refractivity contribution in [3.8, 4) is 0 Å². The van der Waals surface area contributed by atoms with Gasteiger partial charge in [-0.05, 0) is 17.9 Å². The van der Waals surface area contributed by atoms with E-state index >= 15 is 0 Å². The van der Waals surface area contributed by atoms with Crippen molar-refractivity contribution in [3.63, 3.8) is 0 Å². The molecule has 30 heavy (non-hydrogen) atoms. The molecule has 1 aromatic rings. The van der Waals surface area contributed by atoms with Gasteiger partial charge in [-0.2, -0.15) is 12.6 Å². The van der Waals surface area contributed by atoms with E-state index in [9.17, 15) is 24.3 Å². The summed E-state index contributed by atoms with van der Waals surface area (Å²) in [4.78, 5) is 48.1. The lowest BCUT2D eigenvalue weighted by Gasteiger charge is -2.21. The fraction of sp³-hybridized carbons (Fsp3) is 0.500. The summed E-state index contributed by atoms with van der Waals surface area (Å²) in [6, 6.07) is 6.18. The summed E-state index contributed by atoms with van der Waals surface area (Å²) < 4.78 is 0. The molecule has 3 amide bonds. The van der Waals surface area contributed by atoms with Crippen molar-refractivity contribution >= 4 is 36.3 Å². The molecule has 0 saturated carbocycles. The Morgan fingerprint density at radius 1 is 1.03 bits per heavy atom. The second-order valence-electron chi connectivity index (χ2n) is 7.35. The SMILES string of the molecule is CC(C)CC(NC(=O)CNC(=O)C(Cc1ccccc1)NC(=O)C(N)CS)C(=O)O. The van der Waals surface area contributed by atoms with Gasteiger partial charge in [-0.25, -0.2) is 4.79 Å². The molecule has 6 N–H and O–H groups in total. The Balaban J connectivity index is 2.74. The average molecular weight is 439 g/mol. The number of hydrogen-bond acceptors (Lipinski definition) is 6. The monoisotopic (exact) mass is 438 g/mol. The number of carbonyl (C=O) groups excluding carboxylic acids is 3. The van der Waals surface area contributed by atoms with Gasteiger partial charge in [0.1, 0.15) is 12.1 Å². The number of rotatable bonds is 12. The lowest BCUT2D eigenvalue weighted by Crippen LogP contribution is -2.54. The smallest absolute Gasteiger partial charge is 0.326 e. The topological polar surface area (TPSA) is 151 Å². The highest BCUT2D eigenvalue weighted by molar-refractivity contribution is 7.80. The Bertz CT molecular complexity index is 729. The number of amides is 3. The first-order valence-corrected chi connectivity index (χ1v) is 10.3. The predicted molar refractivity (Wildman–Crippen MR) is 116 cm³/mol. The van der Waals surface area contributed by atoms with Crippen LogP contribution in [-0.4, -0.2) is 59.2 Å². The molecule has 0 heterocycles. The van der Waals surface area contributed by atoms with Crippen LogP contribution in [0.4, 0.5) is 0 Å². The van der Waals surface area contributed by atoms with Crippen LogP contribution in [-0.2, 0) is 25.6 Å². The van der Waals surface area contributed by atoms with Gasteiger partial charge in [0.15, 0.2) is 0 Å². The Hall–Kier alpha value is -2.59. The van der Waals surface area contributed by atoms with Gasteiger partial charge in [-0.3, -0.25) is 14.4 Å². The van der Waals surface area contributed by atoms with Crippen LogP contribution in [0.2, 0.25) is 0 Å². The number of carboxylic acids is 1. The molecule has 0 aromatic heterocycles. The Morgan fingerprint density at radius 2 is 1.67 bits per heavy atom. The van der Waals surface area contributed by atoms with Crippen molar-refractivity contribution in [1.82, 2.24) is 16.0 Å². The number of hydrogen-bond donors (Lipinski definition) is 6. The molecule has 166 valence electrons. The van der Waals surface area contributed by atoms with E-state index in [-0.39, 0.29) is 24.5 Å². The van der Waals surface area contributed by atoms with Gasteiger partial charge in [0.25, 0.3) is 0 Å². The van der Waals surface area contributed by atoms with Gasteiger partial charge in [0.2, 0.25) is 17.7 Å². The normalized spacial score (nSPS) is 13.8. The highest BCUT2D eigenvalue weighted by Gasteiger charge is 2.25. The molecule has 10 heteroatoms. The zero-order chi connectivity index (χ0) is 22.7.